The van der Waals surface area contributed by atoms with Crippen molar-refractivity contribution in [1.82, 2.24) is 4.57 Å². The minimum Gasteiger partial charge on any atom is -0.326 e. The Morgan fingerprint density at radius 2 is 1.48 bits per heavy atom. The third kappa shape index (κ3) is 4.70. The van der Waals surface area contributed by atoms with Crippen molar-refractivity contribution in [2.45, 2.75) is 13.5 Å². The number of aromatic nitrogens is 1. The Bertz CT molecular complexity index is 1320. The van der Waals surface area contributed by atoms with E-state index in [-0.39, 0.29) is 17.4 Å². The molecule has 4 aromatic rings. The monoisotopic (exact) mass is 411 g/mol. The van der Waals surface area contributed by atoms with Crippen molar-refractivity contribution in [3.8, 4) is 0 Å². The molecule has 3 aromatic carbocycles. The number of pyridine rings is 1. The van der Waals surface area contributed by atoms with E-state index < -0.39 is 0 Å². The number of hydrogen-bond donors (Lipinski definition) is 2. The predicted molar refractivity (Wildman–Crippen MR) is 122 cm³/mol. The van der Waals surface area contributed by atoms with Gasteiger partial charge in [0.15, 0.2) is 0 Å². The van der Waals surface area contributed by atoms with Crippen LogP contribution < -0.4 is 16.2 Å². The van der Waals surface area contributed by atoms with E-state index in [1.165, 1.54) is 23.6 Å². The minimum absolute atomic E-state index is 0.162. The molecule has 31 heavy (non-hydrogen) atoms. The molecular formula is C25H21N3O3. The van der Waals surface area contributed by atoms with E-state index in [2.05, 4.69) is 10.6 Å². The Labute approximate surface area is 179 Å². The van der Waals surface area contributed by atoms with Gasteiger partial charge in [0, 0.05) is 30.6 Å². The molecule has 0 saturated carbocycles. The molecule has 0 fully saturated rings. The van der Waals surface area contributed by atoms with E-state index in [9.17, 15) is 14.4 Å². The highest BCUT2D eigenvalue weighted by Gasteiger charge is 2.10. The first-order valence-corrected chi connectivity index (χ1v) is 9.86. The highest BCUT2D eigenvalue weighted by atomic mass is 16.2. The van der Waals surface area contributed by atoms with Crippen LogP contribution in [-0.2, 0) is 11.3 Å². The van der Waals surface area contributed by atoms with E-state index in [1.54, 1.807) is 30.5 Å². The lowest BCUT2D eigenvalue weighted by molar-refractivity contribution is -0.114. The predicted octanol–water partition coefficient (Wildman–Crippen LogP) is 4.26. The zero-order valence-corrected chi connectivity index (χ0v) is 17.0. The van der Waals surface area contributed by atoms with Gasteiger partial charge in [-0.2, -0.15) is 0 Å². The van der Waals surface area contributed by atoms with Crippen LogP contribution in [0.25, 0.3) is 10.8 Å². The van der Waals surface area contributed by atoms with Crippen molar-refractivity contribution >= 4 is 34.0 Å². The smallest absolute Gasteiger partial charge is 0.257 e. The molecule has 2 amide bonds. The first kappa shape index (κ1) is 20.1. The molecule has 0 saturated heterocycles. The number of benzene rings is 3. The van der Waals surface area contributed by atoms with E-state index in [4.69, 9.17) is 0 Å². The number of anilines is 2. The van der Waals surface area contributed by atoms with Crippen molar-refractivity contribution < 1.29 is 9.59 Å². The first-order valence-electron chi connectivity index (χ1n) is 9.86. The first-order chi connectivity index (χ1) is 15.0. The number of rotatable bonds is 5. The van der Waals surface area contributed by atoms with Crippen LogP contribution >= 0.6 is 0 Å². The topological polar surface area (TPSA) is 80.2 Å². The second-order valence-electron chi connectivity index (χ2n) is 7.23. The number of fused-ring (bicyclic) bond motifs is 1. The SMILES string of the molecule is CC(=O)Nc1ccc(NC(=O)c2ccc(=O)n(Cc3cccc4ccccc34)c2)cc1. The summed E-state index contributed by atoms with van der Waals surface area (Å²) < 4.78 is 1.54. The number of amides is 2. The Balaban J connectivity index is 1.55. The third-order valence-electron chi connectivity index (χ3n) is 4.93. The summed E-state index contributed by atoms with van der Waals surface area (Å²) in [6, 6.07) is 23.7. The summed E-state index contributed by atoms with van der Waals surface area (Å²) >= 11 is 0. The van der Waals surface area contributed by atoms with E-state index in [1.807, 2.05) is 42.5 Å². The van der Waals surface area contributed by atoms with Gasteiger partial charge in [0.2, 0.25) is 5.91 Å². The largest absolute Gasteiger partial charge is 0.326 e. The van der Waals surface area contributed by atoms with Gasteiger partial charge in [0.1, 0.15) is 0 Å². The Hall–Kier alpha value is -4.19. The van der Waals surface area contributed by atoms with Gasteiger partial charge >= 0.3 is 0 Å². The summed E-state index contributed by atoms with van der Waals surface area (Å²) in [5, 5.41) is 7.67. The van der Waals surface area contributed by atoms with E-state index in [0.717, 1.165) is 16.3 Å². The van der Waals surface area contributed by atoms with Crippen molar-refractivity contribution in [2.24, 2.45) is 0 Å². The fraction of sp³-hybridized carbons (Fsp3) is 0.0800. The molecule has 0 unspecified atom stereocenters. The minimum atomic E-state index is -0.320. The molecule has 0 aliphatic rings. The van der Waals surface area contributed by atoms with Gasteiger partial charge in [-0.1, -0.05) is 42.5 Å². The molecule has 2 N–H and O–H groups in total. The summed E-state index contributed by atoms with van der Waals surface area (Å²) in [7, 11) is 0. The van der Waals surface area contributed by atoms with Crippen molar-refractivity contribution in [3.63, 3.8) is 0 Å². The molecule has 154 valence electrons. The van der Waals surface area contributed by atoms with Crippen LogP contribution in [0.4, 0.5) is 11.4 Å². The highest BCUT2D eigenvalue weighted by Crippen LogP contribution is 2.19. The second kappa shape index (κ2) is 8.67. The van der Waals surface area contributed by atoms with Gasteiger partial charge in [-0.3, -0.25) is 14.4 Å². The molecule has 4 rings (SSSR count). The molecule has 0 atom stereocenters. The van der Waals surface area contributed by atoms with Gasteiger partial charge in [0.25, 0.3) is 11.5 Å². The summed E-state index contributed by atoms with van der Waals surface area (Å²) in [4.78, 5) is 36.2. The Morgan fingerprint density at radius 1 is 0.806 bits per heavy atom. The highest BCUT2D eigenvalue weighted by molar-refractivity contribution is 6.04. The fourth-order valence-electron chi connectivity index (χ4n) is 3.45. The fourth-order valence-corrected chi connectivity index (χ4v) is 3.45. The van der Waals surface area contributed by atoms with Crippen LogP contribution in [0, 0.1) is 0 Å². The lowest BCUT2D eigenvalue weighted by Crippen LogP contribution is -2.22. The quantitative estimate of drug-likeness (QED) is 0.515. The normalized spacial score (nSPS) is 10.6. The maximum Gasteiger partial charge on any atom is 0.257 e. The van der Waals surface area contributed by atoms with Gasteiger partial charge in [-0.25, -0.2) is 0 Å². The molecule has 1 heterocycles. The number of nitrogens with one attached hydrogen (secondary N) is 2. The lowest BCUT2D eigenvalue weighted by Gasteiger charge is -2.11. The molecule has 1 aromatic heterocycles. The Kier molecular flexibility index (Phi) is 5.62. The molecule has 0 radical (unpaired) electrons. The molecule has 0 aliphatic carbocycles. The molecule has 0 bridgehead atoms. The zero-order valence-electron chi connectivity index (χ0n) is 17.0. The van der Waals surface area contributed by atoms with Gasteiger partial charge in [-0.05, 0) is 46.7 Å². The van der Waals surface area contributed by atoms with Crippen molar-refractivity contribution in [2.75, 3.05) is 10.6 Å². The average Bonchev–Trinajstić information content (AvgIpc) is 2.76. The standard InChI is InChI=1S/C25H21N3O3/c1-17(29)26-21-10-12-22(13-11-21)27-25(31)20-9-14-24(30)28(16-20)15-19-7-4-6-18-5-2-3-8-23(18)19/h2-14,16H,15H2,1H3,(H,26,29)(H,27,31). The maximum absolute atomic E-state index is 12.7. The van der Waals surface area contributed by atoms with Crippen LogP contribution in [0.2, 0.25) is 0 Å². The van der Waals surface area contributed by atoms with Crippen LogP contribution in [0.3, 0.4) is 0 Å². The number of carbonyl (C=O) groups excluding carboxylic acids is 2. The van der Waals surface area contributed by atoms with Crippen molar-refractivity contribution in [3.05, 3.63) is 107 Å². The van der Waals surface area contributed by atoms with Crippen LogP contribution in [-0.4, -0.2) is 16.4 Å². The summed E-state index contributed by atoms with van der Waals surface area (Å²) in [6.07, 6.45) is 1.57. The van der Waals surface area contributed by atoms with Gasteiger partial charge in [0.05, 0.1) is 12.1 Å². The summed E-state index contributed by atoms with van der Waals surface area (Å²) in [6.45, 7) is 1.80. The van der Waals surface area contributed by atoms with Gasteiger partial charge in [-0.15, -0.1) is 0 Å². The lowest BCUT2D eigenvalue weighted by atomic mass is 10.0. The average molecular weight is 411 g/mol. The summed E-state index contributed by atoms with van der Waals surface area (Å²) in [5.41, 5.74) is 2.45. The zero-order chi connectivity index (χ0) is 21.8. The van der Waals surface area contributed by atoms with E-state index in [0.29, 0.717) is 23.5 Å². The van der Waals surface area contributed by atoms with Crippen LogP contribution in [0.1, 0.15) is 22.8 Å². The van der Waals surface area contributed by atoms with E-state index >= 15 is 0 Å². The Morgan fingerprint density at radius 3 is 2.23 bits per heavy atom. The molecular weight excluding hydrogens is 390 g/mol. The van der Waals surface area contributed by atoms with Crippen molar-refractivity contribution in [1.29, 1.82) is 0 Å². The number of hydrogen-bond acceptors (Lipinski definition) is 3. The second-order valence-corrected chi connectivity index (χ2v) is 7.23. The third-order valence-corrected chi connectivity index (χ3v) is 4.93. The molecule has 0 spiro atoms. The van der Waals surface area contributed by atoms with Gasteiger partial charge < -0.3 is 15.2 Å². The molecule has 0 aliphatic heterocycles. The number of carbonyl (C=O) groups is 2. The molecule has 6 nitrogen and oxygen atoms in total. The van der Waals surface area contributed by atoms with Crippen LogP contribution in [0.15, 0.2) is 89.9 Å². The maximum atomic E-state index is 12.7. The molecule has 6 heteroatoms. The van der Waals surface area contributed by atoms with Crippen LogP contribution in [0.5, 0.6) is 0 Å². The number of nitrogens with zero attached hydrogens (tertiary/aromatic N) is 1. The summed E-state index contributed by atoms with van der Waals surface area (Å²) in [5.74, 6) is -0.482.